The summed E-state index contributed by atoms with van der Waals surface area (Å²) in [5, 5.41) is 12.1. The number of amides is 2. The lowest BCUT2D eigenvalue weighted by Crippen LogP contribution is -2.50. The van der Waals surface area contributed by atoms with Crippen molar-refractivity contribution in [2.75, 3.05) is 11.4 Å². The standard InChI is InChI=1S/C26H31FN6O3S/c1-5-21(34)29-14-17-15-30-23(37-17)19-9-10-20(32-31-19)33(24(35)36-25(2,3)4)16-26(11-7-12-26)22-18(27)8-6-13-28-22/h6,8-10,13,15H,5,7,11-12,14,16H2,1-4H3,(H,29,34). The quantitative estimate of drug-likeness (QED) is 0.439. The van der Waals surface area contributed by atoms with E-state index in [0.717, 1.165) is 11.3 Å². The fourth-order valence-electron chi connectivity index (χ4n) is 4.11. The second-order valence-corrected chi connectivity index (χ2v) is 11.2. The molecule has 1 saturated carbocycles. The molecule has 1 aliphatic rings. The molecule has 1 aliphatic carbocycles. The zero-order chi connectivity index (χ0) is 26.6. The lowest BCUT2D eigenvalue weighted by atomic mass is 9.66. The molecule has 0 aliphatic heterocycles. The van der Waals surface area contributed by atoms with E-state index in [1.165, 1.54) is 22.3 Å². The van der Waals surface area contributed by atoms with E-state index in [4.69, 9.17) is 4.74 Å². The Hall–Kier alpha value is -3.47. The van der Waals surface area contributed by atoms with E-state index in [0.29, 0.717) is 48.0 Å². The van der Waals surface area contributed by atoms with E-state index in [-0.39, 0.29) is 18.3 Å². The van der Waals surface area contributed by atoms with Crippen LogP contribution in [0.1, 0.15) is 63.9 Å². The van der Waals surface area contributed by atoms with Gasteiger partial charge in [0.25, 0.3) is 0 Å². The Labute approximate surface area is 219 Å². The molecule has 1 N–H and O–H groups in total. The number of ether oxygens (including phenoxy) is 1. The number of rotatable bonds is 8. The van der Waals surface area contributed by atoms with Gasteiger partial charge in [0.1, 0.15) is 22.1 Å². The normalized spacial score (nSPS) is 14.5. The third-order valence-electron chi connectivity index (χ3n) is 6.13. The Morgan fingerprint density at radius 2 is 1.97 bits per heavy atom. The number of thiazole rings is 1. The van der Waals surface area contributed by atoms with Gasteiger partial charge in [0.2, 0.25) is 5.91 Å². The summed E-state index contributed by atoms with van der Waals surface area (Å²) in [4.78, 5) is 35.8. The summed E-state index contributed by atoms with van der Waals surface area (Å²) >= 11 is 1.41. The molecule has 0 spiro atoms. The molecule has 3 aromatic heterocycles. The fraction of sp³-hybridized carbons (Fsp3) is 0.462. The number of carbonyl (C=O) groups excluding carboxylic acids is 2. The maximum absolute atomic E-state index is 14.7. The number of halogens is 1. The monoisotopic (exact) mass is 526 g/mol. The summed E-state index contributed by atoms with van der Waals surface area (Å²) in [6.45, 7) is 7.73. The average molecular weight is 527 g/mol. The van der Waals surface area contributed by atoms with Crippen molar-refractivity contribution in [2.45, 2.75) is 70.9 Å². The molecule has 4 rings (SSSR count). The van der Waals surface area contributed by atoms with Gasteiger partial charge in [0.05, 0.1) is 12.2 Å². The Morgan fingerprint density at radius 1 is 1.19 bits per heavy atom. The molecule has 37 heavy (non-hydrogen) atoms. The van der Waals surface area contributed by atoms with Crippen molar-refractivity contribution in [1.29, 1.82) is 0 Å². The van der Waals surface area contributed by atoms with Crippen molar-refractivity contribution in [3.63, 3.8) is 0 Å². The highest BCUT2D eigenvalue weighted by atomic mass is 32.1. The molecule has 0 aromatic carbocycles. The van der Waals surface area contributed by atoms with Gasteiger partial charge in [-0.2, -0.15) is 0 Å². The second kappa shape index (κ2) is 10.9. The summed E-state index contributed by atoms with van der Waals surface area (Å²) < 4.78 is 20.4. The highest BCUT2D eigenvalue weighted by Crippen LogP contribution is 2.45. The lowest BCUT2D eigenvalue weighted by molar-refractivity contribution is -0.120. The highest BCUT2D eigenvalue weighted by Gasteiger charge is 2.45. The van der Waals surface area contributed by atoms with E-state index in [9.17, 15) is 14.0 Å². The van der Waals surface area contributed by atoms with Crippen molar-refractivity contribution in [3.8, 4) is 10.7 Å². The molecule has 0 bridgehead atoms. The number of nitrogens with zero attached hydrogens (tertiary/aromatic N) is 5. The molecule has 3 aromatic rings. The Kier molecular flexibility index (Phi) is 7.82. The maximum atomic E-state index is 14.7. The van der Waals surface area contributed by atoms with Gasteiger partial charge in [-0.25, -0.2) is 14.2 Å². The first-order chi connectivity index (χ1) is 17.6. The predicted octanol–water partition coefficient (Wildman–Crippen LogP) is 5.02. The third kappa shape index (κ3) is 6.27. The minimum atomic E-state index is -0.726. The molecular weight excluding hydrogens is 495 g/mol. The van der Waals surface area contributed by atoms with Crippen LogP contribution in [-0.2, 0) is 21.5 Å². The Balaban J connectivity index is 1.59. The SMILES string of the molecule is CCC(=O)NCc1cnc(-c2ccc(N(CC3(c4ncccc4F)CCC3)C(=O)OC(C)(C)C)nn2)s1. The van der Waals surface area contributed by atoms with Crippen LogP contribution in [0.5, 0.6) is 0 Å². The van der Waals surface area contributed by atoms with Crippen LogP contribution >= 0.6 is 11.3 Å². The molecule has 9 nitrogen and oxygen atoms in total. The smallest absolute Gasteiger partial charge is 0.416 e. The van der Waals surface area contributed by atoms with Gasteiger partial charge in [0.15, 0.2) is 5.82 Å². The van der Waals surface area contributed by atoms with Crippen molar-refractivity contribution in [2.24, 2.45) is 0 Å². The van der Waals surface area contributed by atoms with E-state index in [2.05, 4.69) is 25.5 Å². The summed E-state index contributed by atoms with van der Waals surface area (Å²) in [6.07, 6.45) is 5.40. The van der Waals surface area contributed by atoms with Gasteiger partial charge in [-0.05, 0) is 57.9 Å². The highest BCUT2D eigenvalue weighted by molar-refractivity contribution is 7.15. The summed E-state index contributed by atoms with van der Waals surface area (Å²) in [5.74, 6) is -0.119. The Morgan fingerprint density at radius 3 is 2.57 bits per heavy atom. The van der Waals surface area contributed by atoms with E-state index >= 15 is 0 Å². The first-order valence-electron chi connectivity index (χ1n) is 12.3. The lowest BCUT2D eigenvalue weighted by Gasteiger charge is -2.44. The van der Waals surface area contributed by atoms with Gasteiger partial charge in [-0.1, -0.05) is 13.3 Å². The predicted molar refractivity (Wildman–Crippen MR) is 139 cm³/mol. The number of carbonyl (C=O) groups is 2. The van der Waals surface area contributed by atoms with Crippen LogP contribution in [0.15, 0.2) is 36.7 Å². The van der Waals surface area contributed by atoms with Crippen molar-refractivity contribution in [1.82, 2.24) is 25.5 Å². The first kappa shape index (κ1) is 26.6. The molecule has 0 atom stereocenters. The molecule has 0 saturated heterocycles. The van der Waals surface area contributed by atoms with Crippen LogP contribution < -0.4 is 10.2 Å². The molecule has 196 valence electrons. The van der Waals surface area contributed by atoms with Crippen molar-refractivity contribution < 1.29 is 18.7 Å². The van der Waals surface area contributed by atoms with Gasteiger partial charge >= 0.3 is 6.09 Å². The van der Waals surface area contributed by atoms with Crippen molar-refractivity contribution >= 4 is 29.2 Å². The van der Waals surface area contributed by atoms with Gasteiger partial charge in [-0.3, -0.25) is 14.7 Å². The molecule has 1 fully saturated rings. The number of hydrogen-bond donors (Lipinski definition) is 1. The van der Waals surface area contributed by atoms with Crippen LogP contribution in [0.2, 0.25) is 0 Å². The minimum Gasteiger partial charge on any atom is -0.443 e. The average Bonchev–Trinajstić information content (AvgIpc) is 3.31. The second-order valence-electron chi connectivity index (χ2n) is 10.1. The number of aromatic nitrogens is 4. The molecule has 3 heterocycles. The zero-order valence-electron chi connectivity index (χ0n) is 21.5. The summed E-state index contributed by atoms with van der Waals surface area (Å²) in [6, 6.07) is 6.38. The minimum absolute atomic E-state index is 0.0313. The summed E-state index contributed by atoms with van der Waals surface area (Å²) in [5.41, 5.74) is -0.462. The largest absolute Gasteiger partial charge is 0.443 e. The van der Waals surface area contributed by atoms with Gasteiger partial charge in [0, 0.05) is 35.7 Å². The molecule has 11 heteroatoms. The van der Waals surface area contributed by atoms with Crippen LogP contribution in [0, 0.1) is 5.82 Å². The number of pyridine rings is 1. The van der Waals surface area contributed by atoms with E-state index in [1.54, 1.807) is 58.3 Å². The molecule has 0 radical (unpaired) electrons. The molecular formula is C26H31FN6O3S. The third-order valence-corrected chi connectivity index (χ3v) is 7.15. The zero-order valence-corrected chi connectivity index (χ0v) is 22.3. The topological polar surface area (TPSA) is 110 Å². The Bertz CT molecular complexity index is 1250. The molecule has 0 unspecified atom stereocenters. The number of anilines is 1. The van der Waals surface area contributed by atoms with Crippen LogP contribution in [0.4, 0.5) is 15.0 Å². The summed E-state index contributed by atoms with van der Waals surface area (Å²) in [7, 11) is 0. The van der Waals surface area contributed by atoms with Gasteiger partial charge < -0.3 is 10.1 Å². The number of hydrogen-bond acceptors (Lipinski definition) is 8. The van der Waals surface area contributed by atoms with Crippen LogP contribution in [0.3, 0.4) is 0 Å². The van der Waals surface area contributed by atoms with Crippen LogP contribution in [-0.4, -0.2) is 44.3 Å². The fourth-order valence-corrected chi connectivity index (χ4v) is 4.93. The van der Waals surface area contributed by atoms with Gasteiger partial charge in [-0.15, -0.1) is 21.5 Å². The van der Waals surface area contributed by atoms with E-state index < -0.39 is 17.1 Å². The van der Waals surface area contributed by atoms with Crippen LogP contribution in [0.25, 0.3) is 10.7 Å². The maximum Gasteiger partial charge on any atom is 0.416 e. The first-order valence-corrected chi connectivity index (χ1v) is 13.1. The van der Waals surface area contributed by atoms with E-state index in [1.807, 2.05) is 0 Å². The molecule has 2 amide bonds. The number of nitrogens with one attached hydrogen (secondary N) is 1. The van der Waals surface area contributed by atoms with Crippen molar-refractivity contribution in [3.05, 3.63) is 53.0 Å².